The molecule has 0 heterocycles. The lowest BCUT2D eigenvalue weighted by Gasteiger charge is -2.25. The fourth-order valence-corrected chi connectivity index (χ4v) is 1.66. The smallest absolute Gasteiger partial charge is 0.226 e. The van der Waals surface area contributed by atoms with Crippen LogP contribution in [0, 0.1) is 5.92 Å². The van der Waals surface area contributed by atoms with Crippen molar-refractivity contribution < 1.29 is 10.0 Å². The Morgan fingerprint density at radius 3 is 2.31 bits per heavy atom. The number of nitrogens with zero attached hydrogens (tertiary/aromatic N) is 2. The van der Waals surface area contributed by atoms with Crippen LogP contribution in [0.3, 0.4) is 0 Å². The quantitative estimate of drug-likeness (QED) is 0.300. The first-order chi connectivity index (χ1) is 7.60. The predicted octanol–water partition coefficient (Wildman–Crippen LogP) is 1.41. The van der Waals surface area contributed by atoms with Gasteiger partial charge in [0.15, 0.2) is 5.84 Å². The lowest BCUT2D eigenvalue weighted by molar-refractivity contribution is -0.135. The van der Waals surface area contributed by atoms with E-state index >= 15 is 0 Å². The number of rotatable bonds is 7. The van der Waals surface area contributed by atoms with Gasteiger partial charge >= 0.3 is 0 Å². The Bertz CT molecular complexity index is 237. The van der Waals surface area contributed by atoms with Crippen LogP contribution >= 0.6 is 0 Å². The Kier molecular flexibility index (Phi) is 7.33. The van der Waals surface area contributed by atoms with Gasteiger partial charge in [-0.3, -0.25) is 4.79 Å². The van der Waals surface area contributed by atoms with Crippen molar-refractivity contribution >= 4 is 11.7 Å². The van der Waals surface area contributed by atoms with Crippen LogP contribution in [0.1, 0.15) is 40.0 Å². The molecule has 0 aliphatic rings. The van der Waals surface area contributed by atoms with Gasteiger partial charge in [-0.1, -0.05) is 25.9 Å². The minimum absolute atomic E-state index is 0.0399. The van der Waals surface area contributed by atoms with Gasteiger partial charge in [0.05, 0.1) is 6.54 Å². The van der Waals surface area contributed by atoms with E-state index in [4.69, 9.17) is 10.9 Å². The number of hydrogen-bond acceptors (Lipinski definition) is 3. The first-order valence-corrected chi connectivity index (χ1v) is 5.85. The van der Waals surface area contributed by atoms with Gasteiger partial charge in [-0.05, 0) is 19.3 Å². The molecule has 0 unspecified atom stereocenters. The standard InChI is InChI=1S/C11H23N3O2/c1-4-7-14(8-10(12)13-16)11(15)9(5-2)6-3/h9,16H,4-8H2,1-3H3,(H2,12,13). The zero-order chi connectivity index (χ0) is 12.6. The molecule has 0 aliphatic carbocycles. The summed E-state index contributed by atoms with van der Waals surface area (Å²) < 4.78 is 0. The number of carbonyl (C=O) groups excluding carboxylic acids is 1. The van der Waals surface area contributed by atoms with E-state index in [1.54, 1.807) is 4.90 Å². The highest BCUT2D eigenvalue weighted by Gasteiger charge is 2.21. The first kappa shape index (κ1) is 14.7. The second-order valence-corrected chi connectivity index (χ2v) is 3.86. The van der Waals surface area contributed by atoms with Crippen molar-refractivity contribution in [2.45, 2.75) is 40.0 Å². The molecule has 3 N–H and O–H groups in total. The highest BCUT2D eigenvalue weighted by Crippen LogP contribution is 2.12. The average Bonchev–Trinajstić information content (AvgIpc) is 2.29. The van der Waals surface area contributed by atoms with E-state index < -0.39 is 0 Å². The molecule has 0 saturated heterocycles. The van der Waals surface area contributed by atoms with Crippen LogP contribution in [0.2, 0.25) is 0 Å². The predicted molar refractivity (Wildman–Crippen MR) is 64.4 cm³/mol. The molecule has 0 aliphatic heterocycles. The first-order valence-electron chi connectivity index (χ1n) is 5.85. The third-order valence-corrected chi connectivity index (χ3v) is 2.62. The molecule has 0 atom stereocenters. The maximum absolute atomic E-state index is 12.1. The zero-order valence-electron chi connectivity index (χ0n) is 10.4. The second kappa shape index (κ2) is 7.96. The van der Waals surface area contributed by atoms with E-state index in [1.165, 1.54) is 0 Å². The lowest BCUT2D eigenvalue weighted by Crippen LogP contribution is -2.42. The largest absolute Gasteiger partial charge is 0.409 e. The van der Waals surface area contributed by atoms with Crippen molar-refractivity contribution in [1.29, 1.82) is 0 Å². The topological polar surface area (TPSA) is 78.9 Å². The molecule has 5 heteroatoms. The summed E-state index contributed by atoms with van der Waals surface area (Å²) in [5, 5.41) is 11.4. The van der Waals surface area contributed by atoms with E-state index in [0.717, 1.165) is 19.3 Å². The number of oxime groups is 1. The molecule has 0 radical (unpaired) electrons. The summed E-state index contributed by atoms with van der Waals surface area (Å²) in [5.74, 6) is 0.212. The van der Waals surface area contributed by atoms with E-state index in [2.05, 4.69) is 5.16 Å². The van der Waals surface area contributed by atoms with Crippen molar-refractivity contribution in [3.8, 4) is 0 Å². The van der Waals surface area contributed by atoms with Crippen LogP contribution in [0.5, 0.6) is 0 Å². The molecular weight excluding hydrogens is 206 g/mol. The minimum atomic E-state index is 0.0399. The van der Waals surface area contributed by atoms with E-state index in [1.807, 2.05) is 20.8 Å². The Hall–Kier alpha value is -1.26. The van der Waals surface area contributed by atoms with Gasteiger partial charge in [-0.25, -0.2) is 0 Å². The second-order valence-electron chi connectivity index (χ2n) is 3.86. The van der Waals surface area contributed by atoms with Crippen molar-refractivity contribution in [2.75, 3.05) is 13.1 Å². The number of amides is 1. The molecule has 0 bridgehead atoms. The summed E-state index contributed by atoms with van der Waals surface area (Å²) in [6.07, 6.45) is 2.52. The third-order valence-electron chi connectivity index (χ3n) is 2.62. The summed E-state index contributed by atoms with van der Waals surface area (Å²) in [7, 11) is 0. The highest BCUT2D eigenvalue weighted by molar-refractivity contribution is 5.87. The van der Waals surface area contributed by atoms with Gasteiger partial charge < -0.3 is 15.8 Å². The number of amidine groups is 1. The van der Waals surface area contributed by atoms with Gasteiger partial charge in [0, 0.05) is 12.5 Å². The monoisotopic (exact) mass is 229 g/mol. The van der Waals surface area contributed by atoms with Crippen LogP contribution in [0.15, 0.2) is 5.16 Å². The SMILES string of the molecule is CCCN(CC(N)=NO)C(=O)C(CC)CC. The summed E-state index contributed by atoms with van der Waals surface area (Å²) in [6, 6.07) is 0. The molecule has 0 aromatic heterocycles. The van der Waals surface area contributed by atoms with Gasteiger partial charge in [0.2, 0.25) is 5.91 Å². The molecule has 0 spiro atoms. The molecular formula is C11H23N3O2. The Balaban J connectivity index is 4.56. The maximum atomic E-state index is 12.1. The van der Waals surface area contributed by atoms with E-state index in [-0.39, 0.29) is 24.2 Å². The van der Waals surface area contributed by atoms with Crippen molar-refractivity contribution in [3.63, 3.8) is 0 Å². The highest BCUT2D eigenvalue weighted by atomic mass is 16.4. The molecule has 1 amide bonds. The van der Waals surface area contributed by atoms with Crippen molar-refractivity contribution in [2.24, 2.45) is 16.8 Å². The zero-order valence-corrected chi connectivity index (χ0v) is 10.4. The van der Waals surface area contributed by atoms with E-state index in [0.29, 0.717) is 6.54 Å². The van der Waals surface area contributed by atoms with Crippen LogP contribution in [0.4, 0.5) is 0 Å². The molecule has 0 saturated carbocycles. The minimum Gasteiger partial charge on any atom is -0.409 e. The number of carbonyl (C=O) groups is 1. The summed E-state index contributed by atoms with van der Waals surface area (Å²) in [4.78, 5) is 13.7. The fraction of sp³-hybridized carbons (Fsp3) is 0.818. The summed E-state index contributed by atoms with van der Waals surface area (Å²) in [6.45, 7) is 6.85. The molecule has 5 nitrogen and oxygen atoms in total. The molecule has 0 aromatic carbocycles. The van der Waals surface area contributed by atoms with E-state index in [9.17, 15) is 4.79 Å². The van der Waals surface area contributed by atoms with Crippen molar-refractivity contribution in [1.82, 2.24) is 4.90 Å². The summed E-state index contributed by atoms with van der Waals surface area (Å²) in [5.41, 5.74) is 5.43. The molecule has 0 aromatic rings. The van der Waals surface area contributed by atoms with Gasteiger partial charge in [0.25, 0.3) is 0 Å². The fourth-order valence-electron chi connectivity index (χ4n) is 1.66. The summed E-state index contributed by atoms with van der Waals surface area (Å²) >= 11 is 0. The maximum Gasteiger partial charge on any atom is 0.226 e. The van der Waals surface area contributed by atoms with Gasteiger partial charge in [0.1, 0.15) is 0 Å². The number of nitrogens with two attached hydrogens (primary N) is 1. The van der Waals surface area contributed by atoms with Crippen LogP contribution in [-0.4, -0.2) is 34.9 Å². The van der Waals surface area contributed by atoms with Gasteiger partial charge in [-0.2, -0.15) is 0 Å². The molecule has 0 rings (SSSR count). The Labute approximate surface area is 97.3 Å². The normalized spacial score (nSPS) is 11.9. The molecule has 0 fully saturated rings. The Morgan fingerprint density at radius 1 is 1.38 bits per heavy atom. The van der Waals surface area contributed by atoms with Crippen molar-refractivity contribution in [3.05, 3.63) is 0 Å². The van der Waals surface area contributed by atoms with Gasteiger partial charge in [-0.15, -0.1) is 0 Å². The Morgan fingerprint density at radius 2 is 1.94 bits per heavy atom. The lowest BCUT2D eigenvalue weighted by atomic mass is 10.0. The number of hydrogen-bond donors (Lipinski definition) is 2. The third kappa shape index (κ3) is 4.51. The van der Waals surface area contributed by atoms with Crippen LogP contribution < -0.4 is 5.73 Å². The van der Waals surface area contributed by atoms with Crippen LogP contribution in [-0.2, 0) is 4.79 Å². The van der Waals surface area contributed by atoms with Crippen LogP contribution in [0.25, 0.3) is 0 Å². The molecule has 94 valence electrons. The average molecular weight is 229 g/mol. The molecule has 16 heavy (non-hydrogen) atoms.